The van der Waals surface area contributed by atoms with Crippen LogP contribution in [0.25, 0.3) is 0 Å². The average Bonchev–Trinajstić information content (AvgIpc) is 2.63. The second-order valence-electron chi connectivity index (χ2n) is 5.98. The summed E-state index contributed by atoms with van der Waals surface area (Å²) in [6.07, 6.45) is 5.99. The van der Waals surface area contributed by atoms with Crippen molar-refractivity contribution in [2.45, 2.75) is 37.1 Å². The van der Waals surface area contributed by atoms with Gasteiger partial charge in [-0.3, -0.25) is 4.90 Å². The van der Waals surface area contributed by atoms with E-state index in [2.05, 4.69) is 12.1 Å². The van der Waals surface area contributed by atoms with Crippen LogP contribution in [0.3, 0.4) is 0 Å². The van der Waals surface area contributed by atoms with E-state index in [1.165, 1.54) is 6.08 Å². The first-order valence-electron chi connectivity index (χ1n) is 8.16. The molecule has 124 valence electrons. The SMILES string of the molecule is N#CC(C#N)(C(C/C=C/C(=O)O)c1ccccc1)N1CCCCC1. The lowest BCUT2D eigenvalue weighted by Crippen LogP contribution is -2.53. The smallest absolute Gasteiger partial charge is 0.327 e. The fraction of sp³-hybridized carbons (Fsp3) is 0.421. The Bertz CT molecular complexity index is 650. The Morgan fingerprint density at radius 3 is 2.38 bits per heavy atom. The average molecular weight is 323 g/mol. The standard InChI is InChI=1S/C19H21N3O2/c20-14-19(15-21,22-12-5-2-6-13-22)17(10-7-11-18(23)24)16-8-3-1-4-9-16/h1,3-4,7-9,11,17H,2,5-6,10,12-13H2,(H,23,24)/b11-7+. The zero-order chi connectivity index (χ0) is 17.4. The van der Waals surface area contributed by atoms with Gasteiger partial charge in [0.15, 0.2) is 0 Å². The predicted octanol–water partition coefficient (Wildman–Crippen LogP) is 3.07. The maximum absolute atomic E-state index is 10.8. The highest BCUT2D eigenvalue weighted by Gasteiger charge is 2.45. The number of carbonyl (C=O) groups is 1. The van der Waals surface area contributed by atoms with E-state index in [4.69, 9.17) is 5.11 Å². The van der Waals surface area contributed by atoms with Crippen molar-refractivity contribution in [2.24, 2.45) is 0 Å². The van der Waals surface area contributed by atoms with Gasteiger partial charge in [0.1, 0.15) is 12.1 Å². The lowest BCUT2D eigenvalue weighted by Gasteiger charge is -2.41. The molecule has 0 spiro atoms. The number of hydrogen-bond acceptors (Lipinski definition) is 4. The van der Waals surface area contributed by atoms with Crippen molar-refractivity contribution in [3.8, 4) is 12.1 Å². The van der Waals surface area contributed by atoms with Crippen molar-refractivity contribution in [3.05, 3.63) is 48.0 Å². The minimum atomic E-state index is -1.29. The van der Waals surface area contributed by atoms with Crippen molar-refractivity contribution in [1.82, 2.24) is 4.90 Å². The van der Waals surface area contributed by atoms with Crippen molar-refractivity contribution in [1.29, 1.82) is 10.5 Å². The third-order valence-electron chi connectivity index (χ3n) is 4.53. The fourth-order valence-corrected chi connectivity index (χ4v) is 3.33. The van der Waals surface area contributed by atoms with Crippen molar-refractivity contribution < 1.29 is 9.90 Å². The predicted molar refractivity (Wildman–Crippen MR) is 90.0 cm³/mol. The topological polar surface area (TPSA) is 88.1 Å². The molecule has 1 aromatic carbocycles. The molecule has 0 aromatic heterocycles. The lowest BCUT2D eigenvalue weighted by molar-refractivity contribution is -0.131. The molecule has 1 aliphatic rings. The van der Waals surface area contributed by atoms with Gasteiger partial charge in [-0.15, -0.1) is 0 Å². The molecule has 0 amide bonds. The van der Waals surface area contributed by atoms with Crippen LogP contribution in [0, 0.1) is 22.7 Å². The number of carboxylic acid groups (broad SMARTS) is 1. The molecule has 1 N–H and O–H groups in total. The molecule has 0 bridgehead atoms. The molecule has 1 aromatic rings. The Morgan fingerprint density at radius 1 is 1.21 bits per heavy atom. The molecule has 0 radical (unpaired) electrons. The number of likely N-dealkylation sites (tertiary alicyclic amines) is 1. The summed E-state index contributed by atoms with van der Waals surface area (Å²) in [7, 11) is 0. The van der Waals surface area contributed by atoms with Gasteiger partial charge in [0, 0.05) is 25.1 Å². The van der Waals surface area contributed by atoms with Gasteiger partial charge in [0.05, 0.1) is 0 Å². The maximum atomic E-state index is 10.8. The van der Waals surface area contributed by atoms with Crippen LogP contribution in [-0.4, -0.2) is 34.6 Å². The summed E-state index contributed by atoms with van der Waals surface area (Å²) in [5, 5.41) is 28.7. The van der Waals surface area contributed by atoms with Gasteiger partial charge in [0.25, 0.3) is 0 Å². The minimum Gasteiger partial charge on any atom is -0.478 e. The molecule has 5 nitrogen and oxygen atoms in total. The van der Waals surface area contributed by atoms with E-state index in [-0.39, 0.29) is 0 Å². The monoisotopic (exact) mass is 323 g/mol. The molecule has 1 unspecified atom stereocenters. The minimum absolute atomic E-state index is 0.327. The number of aliphatic carboxylic acids is 1. The Morgan fingerprint density at radius 2 is 1.83 bits per heavy atom. The number of hydrogen-bond donors (Lipinski definition) is 1. The van der Waals surface area contributed by atoms with Crippen molar-refractivity contribution >= 4 is 5.97 Å². The second-order valence-corrected chi connectivity index (χ2v) is 5.98. The maximum Gasteiger partial charge on any atom is 0.327 e. The van der Waals surface area contributed by atoms with E-state index in [0.717, 1.165) is 30.9 Å². The summed E-state index contributed by atoms with van der Waals surface area (Å²) in [6.45, 7) is 1.43. The van der Waals surface area contributed by atoms with Gasteiger partial charge in [-0.2, -0.15) is 10.5 Å². The van der Waals surface area contributed by atoms with Crippen molar-refractivity contribution in [2.75, 3.05) is 13.1 Å². The van der Waals surface area contributed by atoms with Crippen molar-refractivity contribution in [3.63, 3.8) is 0 Å². The molecular weight excluding hydrogens is 302 g/mol. The number of piperidine rings is 1. The Kier molecular flexibility index (Phi) is 6.12. The van der Waals surface area contributed by atoms with Crippen LogP contribution in [-0.2, 0) is 4.79 Å². The first-order valence-corrected chi connectivity index (χ1v) is 8.16. The summed E-state index contributed by atoms with van der Waals surface area (Å²) < 4.78 is 0. The molecule has 5 heteroatoms. The van der Waals surface area contributed by atoms with Gasteiger partial charge in [-0.1, -0.05) is 42.8 Å². The molecule has 1 atom stereocenters. The van der Waals surface area contributed by atoms with E-state index in [0.29, 0.717) is 19.5 Å². The summed E-state index contributed by atoms with van der Waals surface area (Å²) >= 11 is 0. The summed E-state index contributed by atoms with van der Waals surface area (Å²) in [5.74, 6) is -1.43. The molecule has 1 aliphatic heterocycles. The Labute approximate surface area is 142 Å². The molecule has 0 saturated carbocycles. The zero-order valence-electron chi connectivity index (χ0n) is 13.6. The van der Waals surface area contributed by atoms with Gasteiger partial charge in [0.2, 0.25) is 5.54 Å². The van der Waals surface area contributed by atoms with Gasteiger partial charge in [-0.25, -0.2) is 4.79 Å². The largest absolute Gasteiger partial charge is 0.478 e. The first-order chi connectivity index (χ1) is 11.6. The molecule has 1 fully saturated rings. The van der Waals surface area contributed by atoms with Gasteiger partial charge < -0.3 is 5.11 Å². The molecule has 1 heterocycles. The van der Waals surface area contributed by atoms with Gasteiger partial charge in [-0.05, 0) is 24.8 Å². The van der Waals surface area contributed by atoms with E-state index < -0.39 is 17.4 Å². The number of allylic oxidation sites excluding steroid dienone is 1. The molecule has 0 aliphatic carbocycles. The van der Waals surface area contributed by atoms with Crippen LogP contribution in [0.1, 0.15) is 37.2 Å². The molecule has 2 rings (SSSR count). The van der Waals surface area contributed by atoms with Crippen LogP contribution in [0.15, 0.2) is 42.5 Å². The number of rotatable bonds is 6. The summed E-state index contributed by atoms with van der Waals surface area (Å²) in [4.78, 5) is 12.7. The van der Waals surface area contributed by atoms with E-state index in [1.807, 2.05) is 35.2 Å². The second kappa shape index (κ2) is 8.29. The molecule has 1 saturated heterocycles. The lowest BCUT2D eigenvalue weighted by atomic mass is 9.76. The van der Waals surface area contributed by atoms with Crippen LogP contribution in [0.5, 0.6) is 0 Å². The normalized spacial score (nSPS) is 17.1. The highest BCUT2D eigenvalue weighted by Crippen LogP contribution is 2.37. The highest BCUT2D eigenvalue weighted by molar-refractivity contribution is 5.79. The zero-order valence-corrected chi connectivity index (χ0v) is 13.6. The number of nitriles is 2. The van der Waals surface area contributed by atoms with E-state index >= 15 is 0 Å². The first kappa shape index (κ1) is 17.7. The van der Waals surface area contributed by atoms with Crippen LogP contribution < -0.4 is 0 Å². The fourth-order valence-electron chi connectivity index (χ4n) is 3.33. The quantitative estimate of drug-likeness (QED) is 0.813. The van der Waals surface area contributed by atoms with Crippen LogP contribution in [0.4, 0.5) is 0 Å². The highest BCUT2D eigenvalue weighted by atomic mass is 16.4. The number of nitrogens with zero attached hydrogens (tertiary/aromatic N) is 3. The van der Waals surface area contributed by atoms with Gasteiger partial charge >= 0.3 is 5.97 Å². The third-order valence-corrected chi connectivity index (χ3v) is 4.53. The summed E-state index contributed by atoms with van der Waals surface area (Å²) in [5.41, 5.74) is -0.411. The molecular formula is C19H21N3O2. The Hall–Kier alpha value is -2.63. The molecule has 24 heavy (non-hydrogen) atoms. The number of benzene rings is 1. The van der Waals surface area contributed by atoms with E-state index in [1.54, 1.807) is 0 Å². The Balaban J connectivity index is 2.43. The van der Waals surface area contributed by atoms with Crippen LogP contribution in [0.2, 0.25) is 0 Å². The van der Waals surface area contributed by atoms with E-state index in [9.17, 15) is 15.3 Å². The van der Waals surface area contributed by atoms with Crippen LogP contribution >= 0.6 is 0 Å². The summed E-state index contributed by atoms with van der Waals surface area (Å²) in [6, 6.07) is 13.9. The number of carboxylic acids is 1. The third kappa shape index (κ3) is 3.82.